The van der Waals surface area contributed by atoms with Crippen molar-refractivity contribution in [1.29, 1.82) is 0 Å². The van der Waals surface area contributed by atoms with Crippen molar-refractivity contribution >= 4 is 33.5 Å². The molecule has 0 spiro atoms. The number of benzene rings is 1. The molecule has 1 aromatic carbocycles. The molecule has 0 amide bonds. The first-order chi connectivity index (χ1) is 8.21. The summed E-state index contributed by atoms with van der Waals surface area (Å²) >= 11 is 3.53. The Morgan fingerprint density at radius 1 is 1.28 bits per heavy atom. The molecule has 0 saturated heterocycles. The van der Waals surface area contributed by atoms with E-state index in [2.05, 4.69) is 15.9 Å². The van der Waals surface area contributed by atoms with E-state index in [1.807, 2.05) is 64.0 Å². The molecule has 0 heterocycles. The van der Waals surface area contributed by atoms with E-state index in [4.69, 9.17) is 0 Å². The number of carbonyl (C=O) groups excluding carboxylic acids is 1. The summed E-state index contributed by atoms with van der Waals surface area (Å²) in [6.45, 7) is 5.76. The normalized spacial score (nSPS) is 11.9. The molecule has 0 unspecified atom stereocenters. The third-order valence-corrected chi connectivity index (χ3v) is 3.26. The Morgan fingerprint density at radius 2 is 1.89 bits per heavy atom. The molecule has 1 rings (SSSR count). The smallest absolute Gasteiger partial charge is 0.161 e. The van der Waals surface area contributed by atoms with Gasteiger partial charge >= 0.3 is 0 Å². The molecule has 0 aliphatic heterocycles. The van der Waals surface area contributed by atoms with Crippen molar-refractivity contribution < 1.29 is 4.79 Å². The maximum Gasteiger partial charge on any atom is 0.161 e. The summed E-state index contributed by atoms with van der Waals surface area (Å²) < 4.78 is 1.03. The van der Waals surface area contributed by atoms with Gasteiger partial charge in [0.05, 0.1) is 5.69 Å². The van der Waals surface area contributed by atoms with E-state index in [0.717, 1.165) is 15.7 Å². The topological polar surface area (TPSA) is 20.3 Å². The minimum absolute atomic E-state index is 0.135. The maximum absolute atomic E-state index is 11.8. The van der Waals surface area contributed by atoms with Crippen LogP contribution in [0.1, 0.15) is 26.3 Å². The summed E-state index contributed by atoms with van der Waals surface area (Å²) in [4.78, 5) is 13.8. The van der Waals surface area contributed by atoms with Gasteiger partial charge in [0, 0.05) is 24.0 Å². The van der Waals surface area contributed by atoms with Crippen LogP contribution in [-0.2, 0) is 4.79 Å². The number of halogens is 1. The minimum Gasteiger partial charge on any atom is -0.377 e. The molecule has 18 heavy (non-hydrogen) atoms. The molecule has 0 aliphatic carbocycles. The monoisotopic (exact) mass is 309 g/mol. The highest BCUT2D eigenvalue weighted by Gasteiger charge is 2.17. The van der Waals surface area contributed by atoms with E-state index >= 15 is 0 Å². The van der Waals surface area contributed by atoms with E-state index in [-0.39, 0.29) is 11.2 Å². The van der Waals surface area contributed by atoms with Gasteiger partial charge in [-0.05, 0) is 39.7 Å². The Kier molecular flexibility index (Phi) is 4.74. The van der Waals surface area contributed by atoms with Gasteiger partial charge in [-0.2, -0.15) is 0 Å². The van der Waals surface area contributed by atoms with Crippen LogP contribution in [0.4, 0.5) is 5.69 Å². The van der Waals surface area contributed by atoms with Crippen molar-refractivity contribution in [3.8, 4) is 0 Å². The summed E-state index contributed by atoms with van der Waals surface area (Å²) in [6, 6.07) is 6.06. The summed E-state index contributed by atoms with van der Waals surface area (Å²) in [7, 11) is 4.00. The van der Waals surface area contributed by atoms with Crippen molar-refractivity contribution in [2.24, 2.45) is 5.41 Å². The van der Waals surface area contributed by atoms with Crippen LogP contribution in [0, 0.1) is 5.41 Å². The third kappa shape index (κ3) is 3.98. The van der Waals surface area contributed by atoms with Gasteiger partial charge in [0.2, 0.25) is 0 Å². The van der Waals surface area contributed by atoms with Crippen LogP contribution in [0.5, 0.6) is 0 Å². The van der Waals surface area contributed by atoms with Crippen molar-refractivity contribution in [3.63, 3.8) is 0 Å². The van der Waals surface area contributed by atoms with E-state index in [1.54, 1.807) is 6.08 Å². The van der Waals surface area contributed by atoms with Gasteiger partial charge in [0.25, 0.3) is 0 Å². The average molecular weight is 310 g/mol. The highest BCUT2D eigenvalue weighted by atomic mass is 79.9. The average Bonchev–Trinajstić information content (AvgIpc) is 2.24. The largest absolute Gasteiger partial charge is 0.377 e. The molecule has 0 aliphatic rings. The molecular weight excluding hydrogens is 290 g/mol. The Bertz CT molecular complexity index is 470. The lowest BCUT2D eigenvalue weighted by Gasteiger charge is -2.15. The number of hydrogen-bond acceptors (Lipinski definition) is 2. The third-order valence-electron chi connectivity index (χ3n) is 2.62. The highest BCUT2D eigenvalue weighted by molar-refractivity contribution is 9.10. The molecule has 98 valence electrons. The fourth-order valence-corrected chi connectivity index (χ4v) is 2.16. The van der Waals surface area contributed by atoms with Crippen LogP contribution >= 0.6 is 15.9 Å². The second kappa shape index (κ2) is 5.70. The number of carbonyl (C=O) groups is 1. The Labute approximate surface area is 118 Å². The van der Waals surface area contributed by atoms with Crippen molar-refractivity contribution in [3.05, 3.63) is 34.3 Å². The van der Waals surface area contributed by atoms with E-state index < -0.39 is 0 Å². The molecule has 0 N–H and O–H groups in total. The van der Waals surface area contributed by atoms with Crippen LogP contribution in [-0.4, -0.2) is 19.9 Å². The maximum atomic E-state index is 11.8. The molecule has 2 nitrogen and oxygen atoms in total. The van der Waals surface area contributed by atoms with Crippen LogP contribution in [0.3, 0.4) is 0 Å². The molecule has 0 saturated carbocycles. The number of rotatable bonds is 3. The summed E-state index contributed by atoms with van der Waals surface area (Å²) in [5, 5.41) is 0. The fourth-order valence-electron chi connectivity index (χ4n) is 1.41. The molecule has 0 atom stereocenters. The Balaban J connectivity index is 2.91. The standard InChI is InChI=1S/C15H20BrNO/c1-15(2,3)14(18)9-7-11-6-8-13(17(4)5)12(16)10-11/h6-10H,1-5H3/b9-7+. The number of nitrogens with zero attached hydrogens (tertiary/aromatic N) is 1. The SMILES string of the molecule is CN(C)c1ccc(/C=C/C(=O)C(C)(C)C)cc1Br. The quantitative estimate of drug-likeness (QED) is 0.782. The first-order valence-corrected chi connectivity index (χ1v) is 6.70. The van der Waals surface area contributed by atoms with Gasteiger partial charge < -0.3 is 4.90 Å². The van der Waals surface area contributed by atoms with Crippen LogP contribution in [0.25, 0.3) is 6.08 Å². The molecular formula is C15H20BrNO. The lowest BCUT2D eigenvalue weighted by atomic mass is 9.90. The Hall–Kier alpha value is -1.09. The molecule has 0 bridgehead atoms. The predicted octanol–water partition coefficient (Wildman–Crippen LogP) is 4.14. The van der Waals surface area contributed by atoms with Gasteiger partial charge in [-0.15, -0.1) is 0 Å². The fraction of sp³-hybridized carbons (Fsp3) is 0.400. The van der Waals surface area contributed by atoms with Gasteiger partial charge in [0.1, 0.15) is 0 Å². The first kappa shape index (κ1) is 15.0. The summed E-state index contributed by atoms with van der Waals surface area (Å²) in [6.07, 6.45) is 3.51. The lowest BCUT2D eigenvalue weighted by molar-refractivity contribution is -0.121. The minimum atomic E-state index is -0.322. The van der Waals surface area contributed by atoms with Crippen LogP contribution in [0.2, 0.25) is 0 Å². The van der Waals surface area contributed by atoms with Crippen molar-refractivity contribution in [2.75, 3.05) is 19.0 Å². The van der Waals surface area contributed by atoms with Crippen molar-refractivity contribution in [2.45, 2.75) is 20.8 Å². The lowest BCUT2D eigenvalue weighted by Crippen LogP contribution is -2.17. The van der Waals surface area contributed by atoms with Gasteiger partial charge in [0.15, 0.2) is 5.78 Å². The molecule has 0 fully saturated rings. The number of anilines is 1. The molecule has 0 radical (unpaired) electrons. The number of ketones is 1. The van der Waals surface area contributed by atoms with Crippen molar-refractivity contribution in [1.82, 2.24) is 0 Å². The number of allylic oxidation sites excluding steroid dienone is 1. The first-order valence-electron chi connectivity index (χ1n) is 5.91. The molecule has 0 aromatic heterocycles. The summed E-state index contributed by atoms with van der Waals surface area (Å²) in [5.74, 6) is 0.135. The zero-order valence-electron chi connectivity index (χ0n) is 11.6. The second-order valence-electron chi connectivity index (χ2n) is 5.55. The van der Waals surface area contributed by atoms with Gasteiger partial charge in [-0.1, -0.05) is 32.9 Å². The van der Waals surface area contributed by atoms with Gasteiger partial charge in [-0.3, -0.25) is 4.79 Å². The molecule has 3 heteroatoms. The van der Waals surface area contributed by atoms with Gasteiger partial charge in [-0.25, -0.2) is 0 Å². The molecule has 1 aromatic rings. The Morgan fingerprint density at radius 3 is 2.33 bits per heavy atom. The van der Waals surface area contributed by atoms with E-state index in [1.165, 1.54) is 0 Å². The zero-order chi connectivity index (χ0) is 13.9. The summed E-state index contributed by atoms with van der Waals surface area (Å²) in [5.41, 5.74) is 1.82. The van der Waals surface area contributed by atoms with E-state index in [9.17, 15) is 4.79 Å². The number of hydrogen-bond donors (Lipinski definition) is 0. The zero-order valence-corrected chi connectivity index (χ0v) is 13.2. The predicted molar refractivity (Wildman–Crippen MR) is 82.0 cm³/mol. The van der Waals surface area contributed by atoms with E-state index in [0.29, 0.717) is 0 Å². The second-order valence-corrected chi connectivity index (χ2v) is 6.41. The van der Waals surface area contributed by atoms with Crippen LogP contribution < -0.4 is 4.90 Å². The highest BCUT2D eigenvalue weighted by Crippen LogP contribution is 2.26. The van der Waals surface area contributed by atoms with Crippen LogP contribution in [0.15, 0.2) is 28.7 Å².